The van der Waals surface area contributed by atoms with Crippen LogP contribution in [0.3, 0.4) is 0 Å². The highest BCUT2D eigenvalue weighted by Gasteiger charge is 2.37. The molecule has 1 aliphatic heterocycles. The number of halogens is 2. The highest BCUT2D eigenvalue weighted by molar-refractivity contribution is 9.10. The lowest BCUT2D eigenvalue weighted by Gasteiger charge is -2.23. The van der Waals surface area contributed by atoms with E-state index in [1.807, 2.05) is 0 Å². The molecule has 0 spiro atoms. The first-order valence-electron chi connectivity index (χ1n) is 4.97. The van der Waals surface area contributed by atoms with E-state index >= 15 is 0 Å². The summed E-state index contributed by atoms with van der Waals surface area (Å²) >= 11 is 3.20. The normalized spacial score (nSPS) is 25.2. The van der Waals surface area contributed by atoms with Crippen LogP contribution in [0.25, 0.3) is 0 Å². The minimum atomic E-state index is -0.361. The van der Waals surface area contributed by atoms with Gasteiger partial charge in [0.25, 0.3) is 0 Å². The Labute approximate surface area is 102 Å². The maximum absolute atomic E-state index is 13.8. The minimum Gasteiger partial charge on any atom is -0.337 e. The molecule has 0 saturated carbocycles. The van der Waals surface area contributed by atoms with Crippen molar-refractivity contribution in [1.82, 2.24) is 4.90 Å². The van der Waals surface area contributed by atoms with Crippen LogP contribution in [0.1, 0.15) is 18.0 Å². The predicted molar refractivity (Wildman–Crippen MR) is 62.2 cm³/mol. The Morgan fingerprint density at radius 1 is 1.56 bits per heavy atom. The van der Waals surface area contributed by atoms with Crippen molar-refractivity contribution < 1.29 is 9.18 Å². The van der Waals surface area contributed by atoms with Crippen molar-refractivity contribution in [2.75, 3.05) is 7.05 Å². The van der Waals surface area contributed by atoms with Gasteiger partial charge in [0.05, 0.1) is 6.04 Å². The summed E-state index contributed by atoms with van der Waals surface area (Å²) in [6.07, 6.45) is 0.274. The molecule has 5 heteroatoms. The third-order valence-electron chi connectivity index (χ3n) is 2.91. The lowest BCUT2D eigenvalue weighted by molar-refractivity contribution is -0.127. The second-order valence-electron chi connectivity index (χ2n) is 3.98. The zero-order chi connectivity index (χ0) is 11.9. The molecule has 0 bridgehead atoms. The second-order valence-corrected chi connectivity index (χ2v) is 4.90. The van der Waals surface area contributed by atoms with Crippen molar-refractivity contribution in [3.8, 4) is 0 Å². The molecule has 3 nitrogen and oxygen atoms in total. The summed E-state index contributed by atoms with van der Waals surface area (Å²) in [6, 6.07) is 4.10. The van der Waals surface area contributed by atoms with E-state index in [2.05, 4.69) is 15.9 Å². The average Bonchev–Trinajstić information content (AvgIpc) is 2.43. The minimum absolute atomic E-state index is 0.0418. The molecule has 1 fully saturated rings. The van der Waals surface area contributed by atoms with Gasteiger partial charge in [0, 0.05) is 29.5 Å². The van der Waals surface area contributed by atoms with Gasteiger partial charge in [-0.25, -0.2) is 4.39 Å². The van der Waals surface area contributed by atoms with Gasteiger partial charge in [-0.3, -0.25) is 4.79 Å². The molecule has 1 heterocycles. The zero-order valence-electron chi connectivity index (χ0n) is 8.78. The predicted octanol–water partition coefficient (Wildman–Crippen LogP) is 1.82. The molecule has 2 rings (SSSR count). The van der Waals surface area contributed by atoms with Gasteiger partial charge < -0.3 is 10.6 Å². The number of rotatable bonds is 1. The fraction of sp³-hybridized carbons (Fsp3) is 0.364. The molecular formula is C11H12BrFN2O. The van der Waals surface area contributed by atoms with Crippen LogP contribution in [-0.4, -0.2) is 23.9 Å². The number of hydrogen-bond donors (Lipinski definition) is 1. The number of carbonyl (C=O) groups excluding carboxylic acids is 1. The van der Waals surface area contributed by atoms with Gasteiger partial charge in [0.1, 0.15) is 5.82 Å². The van der Waals surface area contributed by atoms with E-state index in [1.165, 1.54) is 11.0 Å². The Hall–Kier alpha value is -0.940. The van der Waals surface area contributed by atoms with Gasteiger partial charge in [-0.15, -0.1) is 0 Å². The Morgan fingerprint density at radius 2 is 2.25 bits per heavy atom. The smallest absolute Gasteiger partial charge is 0.224 e. The highest BCUT2D eigenvalue weighted by Crippen LogP contribution is 2.32. The molecule has 1 amide bonds. The van der Waals surface area contributed by atoms with Crippen LogP contribution in [0.4, 0.5) is 4.39 Å². The van der Waals surface area contributed by atoms with E-state index in [9.17, 15) is 9.18 Å². The van der Waals surface area contributed by atoms with Crippen molar-refractivity contribution in [2.45, 2.75) is 18.5 Å². The van der Waals surface area contributed by atoms with E-state index < -0.39 is 0 Å². The van der Waals surface area contributed by atoms with Crippen molar-refractivity contribution in [2.24, 2.45) is 5.73 Å². The number of likely N-dealkylation sites (N-methyl/N-ethyl adjacent to an activating group) is 1. The van der Waals surface area contributed by atoms with E-state index in [0.29, 0.717) is 10.0 Å². The molecule has 1 aromatic rings. The van der Waals surface area contributed by atoms with Gasteiger partial charge in [0.2, 0.25) is 5.91 Å². The monoisotopic (exact) mass is 286 g/mol. The summed E-state index contributed by atoms with van der Waals surface area (Å²) < 4.78 is 14.4. The Kier molecular flexibility index (Phi) is 2.99. The zero-order valence-corrected chi connectivity index (χ0v) is 10.4. The fourth-order valence-corrected chi connectivity index (χ4v) is 2.41. The molecule has 2 N–H and O–H groups in total. The first-order chi connectivity index (χ1) is 7.50. The van der Waals surface area contributed by atoms with Crippen LogP contribution in [-0.2, 0) is 4.79 Å². The maximum Gasteiger partial charge on any atom is 0.224 e. The standard InChI is InChI=1S/C11H12BrFN2O/c1-15-10(16)5-9(14)11(15)7-3-2-6(12)4-8(7)13/h2-4,9,11H,5,14H2,1H3. The Morgan fingerprint density at radius 3 is 2.75 bits per heavy atom. The topological polar surface area (TPSA) is 46.3 Å². The fourth-order valence-electron chi connectivity index (χ4n) is 2.08. The molecule has 0 aliphatic carbocycles. The van der Waals surface area contributed by atoms with Crippen LogP contribution in [0.2, 0.25) is 0 Å². The Balaban J connectivity index is 2.40. The number of likely N-dealkylation sites (tertiary alicyclic amines) is 1. The van der Waals surface area contributed by atoms with E-state index in [1.54, 1.807) is 19.2 Å². The van der Waals surface area contributed by atoms with Crippen molar-refractivity contribution in [3.05, 3.63) is 34.1 Å². The highest BCUT2D eigenvalue weighted by atomic mass is 79.9. The van der Waals surface area contributed by atoms with Crippen molar-refractivity contribution >= 4 is 21.8 Å². The van der Waals surface area contributed by atoms with Gasteiger partial charge >= 0.3 is 0 Å². The number of amides is 1. The molecular weight excluding hydrogens is 275 g/mol. The van der Waals surface area contributed by atoms with Gasteiger partial charge in [-0.05, 0) is 12.1 Å². The molecule has 2 atom stereocenters. The lowest BCUT2D eigenvalue weighted by atomic mass is 10.0. The van der Waals surface area contributed by atoms with E-state index in [0.717, 1.165) is 0 Å². The summed E-state index contributed by atoms with van der Waals surface area (Å²) in [6.45, 7) is 0. The number of carbonyl (C=O) groups is 1. The second kappa shape index (κ2) is 4.14. The third kappa shape index (κ3) is 1.85. The summed E-state index contributed by atoms with van der Waals surface area (Å²) in [4.78, 5) is 13.0. The number of nitrogens with zero attached hydrogens (tertiary/aromatic N) is 1. The van der Waals surface area contributed by atoms with Crippen LogP contribution in [0.5, 0.6) is 0 Å². The van der Waals surface area contributed by atoms with Crippen LogP contribution in [0.15, 0.2) is 22.7 Å². The maximum atomic E-state index is 13.8. The number of nitrogens with two attached hydrogens (primary N) is 1. The molecule has 1 saturated heterocycles. The third-order valence-corrected chi connectivity index (χ3v) is 3.40. The molecule has 86 valence electrons. The van der Waals surface area contributed by atoms with E-state index in [4.69, 9.17) is 5.73 Å². The molecule has 0 radical (unpaired) electrons. The lowest BCUT2D eigenvalue weighted by Crippen LogP contribution is -2.30. The summed E-state index contributed by atoms with van der Waals surface area (Å²) in [7, 11) is 1.65. The van der Waals surface area contributed by atoms with Crippen molar-refractivity contribution in [3.63, 3.8) is 0 Å². The quantitative estimate of drug-likeness (QED) is 0.856. The number of hydrogen-bond acceptors (Lipinski definition) is 2. The van der Waals surface area contributed by atoms with Gasteiger partial charge in [0.15, 0.2) is 0 Å². The molecule has 16 heavy (non-hydrogen) atoms. The van der Waals surface area contributed by atoms with E-state index in [-0.39, 0.29) is 30.2 Å². The van der Waals surface area contributed by atoms with Crippen LogP contribution >= 0.6 is 15.9 Å². The van der Waals surface area contributed by atoms with Gasteiger partial charge in [-0.2, -0.15) is 0 Å². The average molecular weight is 287 g/mol. The molecule has 0 aromatic heterocycles. The number of benzene rings is 1. The van der Waals surface area contributed by atoms with Crippen LogP contribution in [0, 0.1) is 5.82 Å². The first-order valence-corrected chi connectivity index (χ1v) is 5.76. The summed E-state index contributed by atoms with van der Waals surface area (Å²) in [5.74, 6) is -0.379. The first kappa shape index (κ1) is 11.5. The van der Waals surface area contributed by atoms with Crippen molar-refractivity contribution in [1.29, 1.82) is 0 Å². The molecule has 1 aromatic carbocycles. The SMILES string of the molecule is CN1C(=O)CC(N)C1c1ccc(Br)cc1F. The molecule has 2 unspecified atom stereocenters. The molecule has 1 aliphatic rings. The largest absolute Gasteiger partial charge is 0.337 e. The Bertz CT molecular complexity index is 438. The summed E-state index contributed by atoms with van der Waals surface area (Å²) in [5, 5.41) is 0. The summed E-state index contributed by atoms with van der Waals surface area (Å²) in [5.41, 5.74) is 6.33. The van der Waals surface area contributed by atoms with Crippen LogP contribution < -0.4 is 5.73 Å². The van der Waals surface area contributed by atoms with Gasteiger partial charge in [-0.1, -0.05) is 22.0 Å².